The smallest absolute Gasteiger partial charge is 0.244 e. The molecule has 1 aromatic heterocycles. The van der Waals surface area contributed by atoms with Gasteiger partial charge in [0.25, 0.3) is 0 Å². The quantitative estimate of drug-likeness (QED) is 0.619. The van der Waals surface area contributed by atoms with Gasteiger partial charge in [-0.15, -0.1) is 0 Å². The largest absolute Gasteiger partial charge is 0.396 e. The van der Waals surface area contributed by atoms with Gasteiger partial charge in [0.05, 0.1) is 0 Å². The van der Waals surface area contributed by atoms with Crippen molar-refractivity contribution in [3.05, 3.63) is 35.1 Å². The van der Waals surface area contributed by atoms with Gasteiger partial charge in [-0.05, 0) is 49.0 Å². The lowest BCUT2D eigenvalue weighted by molar-refractivity contribution is -0.117. The first-order chi connectivity index (χ1) is 9.19. The average molecular weight is 281 g/mol. The van der Waals surface area contributed by atoms with E-state index in [2.05, 4.69) is 10.3 Å². The molecule has 0 saturated heterocycles. The van der Waals surface area contributed by atoms with Crippen molar-refractivity contribution in [2.75, 3.05) is 6.61 Å². The molecule has 1 aromatic rings. The summed E-state index contributed by atoms with van der Waals surface area (Å²) in [6.45, 7) is 0.102. The summed E-state index contributed by atoms with van der Waals surface area (Å²) in [6.07, 6.45) is 7.66. The first-order valence-corrected chi connectivity index (χ1v) is 6.78. The molecular weight excluding hydrogens is 264 g/mol. The van der Waals surface area contributed by atoms with Crippen LogP contribution in [0.1, 0.15) is 24.8 Å². The second kappa shape index (κ2) is 6.68. The third kappa shape index (κ3) is 4.65. The van der Waals surface area contributed by atoms with Crippen LogP contribution in [0.15, 0.2) is 24.4 Å². The van der Waals surface area contributed by atoms with E-state index in [1.54, 1.807) is 24.4 Å². The van der Waals surface area contributed by atoms with Crippen LogP contribution in [0.4, 0.5) is 0 Å². The van der Waals surface area contributed by atoms with Crippen molar-refractivity contribution < 1.29 is 9.90 Å². The van der Waals surface area contributed by atoms with Crippen LogP contribution >= 0.6 is 11.6 Å². The monoisotopic (exact) mass is 280 g/mol. The van der Waals surface area contributed by atoms with Crippen LogP contribution in [-0.2, 0) is 4.79 Å². The Bertz CT molecular complexity index is 472. The van der Waals surface area contributed by atoms with Gasteiger partial charge in [-0.25, -0.2) is 4.98 Å². The molecule has 0 aromatic carbocycles. The standard InChI is InChI=1S/C14H17ClN2O2/c15-13-9-10(5-7-16-13)1-4-14(19)17-12(6-8-18)11-2-3-11/h1,4-5,7,9,11-12,18H,2-3,6,8H2,(H,17,19)/b4-1+. The number of hydrogen-bond donors (Lipinski definition) is 2. The van der Waals surface area contributed by atoms with E-state index in [1.807, 2.05) is 0 Å². The topological polar surface area (TPSA) is 62.2 Å². The van der Waals surface area contributed by atoms with Crippen molar-refractivity contribution in [3.63, 3.8) is 0 Å². The Labute approximate surface area is 117 Å². The molecular formula is C14H17ClN2O2. The zero-order valence-electron chi connectivity index (χ0n) is 10.6. The Kier molecular flexibility index (Phi) is 4.93. The van der Waals surface area contributed by atoms with Crippen molar-refractivity contribution in [1.29, 1.82) is 0 Å². The molecule has 1 aliphatic rings. The van der Waals surface area contributed by atoms with Crippen LogP contribution in [0, 0.1) is 5.92 Å². The third-order valence-corrected chi connectivity index (χ3v) is 3.34. The molecule has 1 saturated carbocycles. The molecule has 2 N–H and O–H groups in total. The predicted octanol–water partition coefficient (Wildman–Crippen LogP) is 2.03. The number of aliphatic hydroxyl groups is 1. The number of nitrogens with zero attached hydrogens (tertiary/aromatic N) is 1. The molecule has 1 aliphatic carbocycles. The maximum atomic E-state index is 11.8. The summed E-state index contributed by atoms with van der Waals surface area (Å²) in [5, 5.41) is 12.3. The summed E-state index contributed by atoms with van der Waals surface area (Å²) in [7, 11) is 0. The Balaban J connectivity index is 1.89. The Morgan fingerprint density at radius 2 is 2.42 bits per heavy atom. The number of carbonyl (C=O) groups excluding carboxylic acids is 1. The maximum Gasteiger partial charge on any atom is 0.244 e. The van der Waals surface area contributed by atoms with E-state index in [1.165, 1.54) is 6.08 Å². The molecule has 1 atom stereocenters. The Hall–Kier alpha value is -1.39. The summed E-state index contributed by atoms with van der Waals surface area (Å²) in [5.74, 6) is 0.387. The molecule has 2 rings (SSSR count). The van der Waals surface area contributed by atoms with Crippen LogP contribution in [0.3, 0.4) is 0 Å². The summed E-state index contributed by atoms with van der Waals surface area (Å²) in [6, 6.07) is 3.56. The highest BCUT2D eigenvalue weighted by Crippen LogP contribution is 2.33. The predicted molar refractivity (Wildman–Crippen MR) is 74.6 cm³/mol. The number of rotatable bonds is 6. The molecule has 1 unspecified atom stereocenters. The van der Waals surface area contributed by atoms with Gasteiger partial charge < -0.3 is 10.4 Å². The van der Waals surface area contributed by atoms with E-state index in [0.717, 1.165) is 18.4 Å². The van der Waals surface area contributed by atoms with Crippen LogP contribution in [0.25, 0.3) is 6.08 Å². The number of carbonyl (C=O) groups is 1. The van der Waals surface area contributed by atoms with Gasteiger partial charge in [0, 0.05) is 24.9 Å². The van der Waals surface area contributed by atoms with Gasteiger partial charge in [0.1, 0.15) is 5.15 Å². The highest BCUT2D eigenvalue weighted by atomic mass is 35.5. The Morgan fingerprint density at radius 3 is 3.05 bits per heavy atom. The number of nitrogens with one attached hydrogen (secondary N) is 1. The fourth-order valence-corrected chi connectivity index (χ4v) is 2.17. The minimum atomic E-state index is -0.140. The third-order valence-electron chi connectivity index (χ3n) is 3.14. The second-order valence-corrected chi connectivity index (χ2v) is 5.10. The molecule has 5 heteroatoms. The van der Waals surface area contributed by atoms with Crippen LogP contribution in [0.2, 0.25) is 5.15 Å². The van der Waals surface area contributed by atoms with Crippen LogP contribution in [0.5, 0.6) is 0 Å². The van der Waals surface area contributed by atoms with Crippen LogP contribution < -0.4 is 5.32 Å². The van der Waals surface area contributed by atoms with Gasteiger partial charge in [-0.3, -0.25) is 4.79 Å². The molecule has 0 aliphatic heterocycles. The van der Waals surface area contributed by atoms with Gasteiger partial charge in [-0.1, -0.05) is 11.6 Å². The van der Waals surface area contributed by atoms with E-state index in [0.29, 0.717) is 17.5 Å². The fraction of sp³-hybridized carbons (Fsp3) is 0.429. The lowest BCUT2D eigenvalue weighted by Crippen LogP contribution is -2.36. The molecule has 0 spiro atoms. The minimum absolute atomic E-state index is 0.0863. The zero-order chi connectivity index (χ0) is 13.7. The normalized spacial score (nSPS) is 16.5. The van der Waals surface area contributed by atoms with Crippen molar-refractivity contribution in [2.24, 2.45) is 5.92 Å². The summed E-state index contributed by atoms with van der Waals surface area (Å²) < 4.78 is 0. The Morgan fingerprint density at radius 1 is 1.63 bits per heavy atom. The highest BCUT2D eigenvalue weighted by molar-refractivity contribution is 6.29. The number of pyridine rings is 1. The van der Waals surface area contributed by atoms with E-state index in [-0.39, 0.29) is 18.6 Å². The summed E-state index contributed by atoms with van der Waals surface area (Å²) in [4.78, 5) is 15.7. The lowest BCUT2D eigenvalue weighted by Gasteiger charge is -2.15. The molecule has 1 amide bonds. The molecule has 102 valence electrons. The van der Waals surface area contributed by atoms with E-state index < -0.39 is 0 Å². The summed E-state index contributed by atoms with van der Waals surface area (Å²) >= 11 is 5.76. The molecule has 1 heterocycles. The molecule has 0 bridgehead atoms. The first-order valence-electron chi connectivity index (χ1n) is 6.40. The molecule has 1 fully saturated rings. The highest BCUT2D eigenvalue weighted by Gasteiger charge is 2.31. The van der Waals surface area contributed by atoms with Crippen molar-refractivity contribution >= 4 is 23.6 Å². The van der Waals surface area contributed by atoms with Crippen LogP contribution in [-0.4, -0.2) is 28.6 Å². The zero-order valence-corrected chi connectivity index (χ0v) is 11.3. The van der Waals surface area contributed by atoms with Gasteiger partial charge in [0.2, 0.25) is 5.91 Å². The van der Waals surface area contributed by atoms with E-state index >= 15 is 0 Å². The minimum Gasteiger partial charge on any atom is -0.396 e. The van der Waals surface area contributed by atoms with Gasteiger partial charge >= 0.3 is 0 Å². The molecule has 4 nitrogen and oxygen atoms in total. The SMILES string of the molecule is O=C(/C=C/c1ccnc(Cl)c1)NC(CCO)C1CC1. The van der Waals surface area contributed by atoms with Crippen molar-refractivity contribution in [2.45, 2.75) is 25.3 Å². The number of amides is 1. The lowest BCUT2D eigenvalue weighted by atomic mass is 10.1. The number of halogens is 1. The maximum absolute atomic E-state index is 11.8. The number of aromatic nitrogens is 1. The molecule has 19 heavy (non-hydrogen) atoms. The average Bonchev–Trinajstić information content (AvgIpc) is 3.20. The fourth-order valence-electron chi connectivity index (χ4n) is 1.99. The molecule has 0 radical (unpaired) electrons. The number of hydrogen-bond acceptors (Lipinski definition) is 3. The van der Waals surface area contributed by atoms with Crippen molar-refractivity contribution in [3.8, 4) is 0 Å². The number of aliphatic hydroxyl groups excluding tert-OH is 1. The van der Waals surface area contributed by atoms with E-state index in [9.17, 15) is 4.79 Å². The van der Waals surface area contributed by atoms with E-state index in [4.69, 9.17) is 16.7 Å². The van der Waals surface area contributed by atoms with Gasteiger partial charge in [0.15, 0.2) is 0 Å². The summed E-state index contributed by atoms with van der Waals surface area (Å²) in [5.41, 5.74) is 0.834. The van der Waals surface area contributed by atoms with Crippen molar-refractivity contribution in [1.82, 2.24) is 10.3 Å². The van der Waals surface area contributed by atoms with Gasteiger partial charge in [-0.2, -0.15) is 0 Å². The first kappa shape index (κ1) is 14.0. The second-order valence-electron chi connectivity index (χ2n) is 4.71.